The standard InChI is InChI=1S/C11H10N2O3S/c14-10-5-17-11(13-10)12-4-7-1-2-8-9(3-7)16-6-15-8/h1-3H,4-6H2,(H,12,13,14). The number of rotatable bonds is 2. The van der Waals surface area contributed by atoms with Gasteiger partial charge in [0, 0.05) is 6.54 Å². The average Bonchev–Trinajstić information content (AvgIpc) is 2.94. The number of nitrogens with zero attached hydrogens (tertiary/aromatic N) is 1. The molecule has 0 fully saturated rings. The number of ether oxygens (including phenoxy) is 2. The molecule has 0 atom stereocenters. The van der Waals surface area contributed by atoms with E-state index in [4.69, 9.17) is 9.47 Å². The van der Waals surface area contributed by atoms with Crippen molar-refractivity contribution in [2.75, 3.05) is 12.5 Å². The minimum absolute atomic E-state index is 0.0804. The van der Waals surface area contributed by atoms with Crippen molar-refractivity contribution >= 4 is 22.8 Å². The Bertz CT molecular complexity index is 501. The first kappa shape index (κ1) is 10.5. The van der Waals surface area contributed by atoms with Crippen LogP contribution in [0.4, 0.5) is 0 Å². The summed E-state index contributed by atoms with van der Waals surface area (Å²) in [6.45, 7) is 0.902. The lowest BCUT2D eigenvalue weighted by atomic mass is 10.2. The summed E-state index contributed by atoms with van der Waals surface area (Å²) >= 11 is 1.43. The fourth-order valence-corrected chi connectivity index (χ4v) is 2.29. The van der Waals surface area contributed by atoms with Crippen molar-refractivity contribution in [3.8, 4) is 11.5 Å². The molecule has 0 unspecified atom stereocenters. The third kappa shape index (κ3) is 2.21. The topological polar surface area (TPSA) is 59.9 Å². The molecule has 1 N–H and O–H groups in total. The molecule has 1 amide bonds. The number of carbonyl (C=O) groups excluding carboxylic acids is 1. The van der Waals surface area contributed by atoms with Crippen LogP contribution < -0.4 is 14.8 Å². The van der Waals surface area contributed by atoms with Crippen molar-refractivity contribution in [3.05, 3.63) is 23.8 Å². The van der Waals surface area contributed by atoms with Crippen molar-refractivity contribution in [1.29, 1.82) is 0 Å². The van der Waals surface area contributed by atoms with Crippen LogP contribution in [0.25, 0.3) is 0 Å². The van der Waals surface area contributed by atoms with Gasteiger partial charge in [0.05, 0.1) is 5.75 Å². The molecule has 1 aromatic rings. The van der Waals surface area contributed by atoms with E-state index >= 15 is 0 Å². The molecule has 0 aromatic heterocycles. The SMILES string of the molecule is O=C1CSC(NCc2ccc3c(c2)OCO3)=N1. The molecule has 6 heteroatoms. The van der Waals surface area contributed by atoms with E-state index < -0.39 is 0 Å². The van der Waals surface area contributed by atoms with E-state index in [9.17, 15) is 4.79 Å². The van der Waals surface area contributed by atoms with Gasteiger partial charge in [-0.1, -0.05) is 17.8 Å². The molecule has 88 valence electrons. The van der Waals surface area contributed by atoms with Gasteiger partial charge in [0.15, 0.2) is 16.7 Å². The van der Waals surface area contributed by atoms with Crippen LogP contribution in [0, 0.1) is 0 Å². The van der Waals surface area contributed by atoms with Gasteiger partial charge in [0.2, 0.25) is 6.79 Å². The van der Waals surface area contributed by atoms with Gasteiger partial charge in [-0.15, -0.1) is 0 Å². The van der Waals surface area contributed by atoms with E-state index in [1.54, 1.807) is 0 Å². The zero-order valence-corrected chi connectivity index (χ0v) is 9.75. The Kier molecular flexibility index (Phi) is 2.64. The van der Waals surface area contributed by atoms with Crippen LogP contribution in [0.2, 0.25) is 0 Å². The number of fused-ring (bicyclic) bond motifs is 1. The molecule has 0 aliphatic carbocycles. The van der Waals surface area contributed by atoms with Crippen molar-refractivity contribution in [2.45, 2.75) is 6.54 Å². The number of thioether (sulfide) groups is 1. The average molecular weight is 250 g/mol. The molecule has 17 heavy (non-hydrogen) atoms. The largest absolute Gasteiger partial charge is 0.454 e. The number of hydrogen-bond acceptors (Lipinski definition) is 5. The molecular weight excluding hydrogens is 240 g/mol. The fourth-order valence-electron chi connectivity index (χ4n) is 1.63. The number of aliphatic imine (C=N–C) groups is 1. The van der Waals surface area contributed by atoms with Gasteiger partial charge in [-0.3, -0.25) is 4.79 Å². The highest BCUT2D eigenvalue weighted by Gasteiger charge is 2.15. The molecule has 0 radical (unpaired) electrons. The van der Waals surface area contributed by atoms with Gasteiger partial charge in [0.1, 0.15) is 0 Å². The maximum Gasteiger partial charge on any atom is 0.258 e. The van der Waals surface area contributed by atoms with E-state index in [-0.39, 0.29) is 12.7 Å². The van der Waals surface area contributed by atoms with Crippen molar-refractivity contribution in [1.82, 2.24) is 5.32 Å². The number of hydrogen-bond donors (Lipinski definition) is 1. The number of benzene rings is 1. The Morgan fingerprint density at radius 1 is 1.35 bits per heavy atom. The molecule has 0 saturated carbocycles. The van der Waals surface area contributed by atoms with E-state index in [1.807, 2.05) is 18.2 Å². The Labute approximate surface area is 102 Å². The summed E-state index contributed by atoms with van der Waals surface area (Å²) in [5, 5.41) is 3.80. The summed E-state index contributed by atoms with van der Waals surface area (Å²) in [5.74, 6) is 1.89. The summed E-state index contributed by atoms with van der Waals surface area (Å²) in [5.41, 5.74) is 1.07. The highest BCUT2D eigenvalue weighted by Crippen LogP contribution is 2.32. The lowest BCUT2D eigenvalue weighted by Crippen LogP contribution is -2.18. The summed E-state index contributed by atoms with van der Waals surface area (Å²) < 4.78 is 10.5. The summed E-state index contributed by atoms with van der Waals surface area (Å²) in [6, 6.07) is 5.77. The lowest BCUT2D eigenvalue weighted by molar-refractivity contribution is -0.115. The third-order valence-electron chi connectivity index (χ3n) is 2.44. The van der Waals surface area contributed by atoms with Gasteiger partial charge in [-0.25, -0.2) is 0 Å². The molecular formula is C11H10N2O3S. The second kappa shape index (κ2) is 4.29. The predicted octanol–water partition coefficient (Wildman–Crippen LogP) is 1.13. The van der Waals surface area contributed by atoms with Crippen molar-refractivity contribution in [2.24, 2.45) is 4.99 Å². The number of nitrogens with one attached hydrogen (secondary N) is 1. The Morgan fingerprint density at radius 3 is 3.06 bits per heavy atom. The molecule has 1 aromatic carbocycles. The monoisotopic (exact) mass is 250 g/mol. The van der Waals surface area contributed by atoms with E-state index in [2.05, 4.69) is 10.3 Å². The minimum atomic E-state index is -0.0804. The molecule has 0 spiro atoms. The van der Waals surface area contributed by atoms with Gasteiger partial charge in [-0.2, -0.15) is 4.99 Å². The number of amidine groups is 1. The summed E-state index contributed by atoms with van der Waals surface area (Å²) in [4.78, 5) is 14.8. The minimum Gasteiger partial charge on any atom is -0.454 e. The first-order valence-electron chi connectivity index (χ1n) is 5.18. The van der Waals surface area contributed by atoms with Gasteiger partial charge in [-0.05, 0) is 17.7 Å². The zero-order chi connectivity index (χ0) is 11.7. The lowest BCUT2D eigenvalue weighted by Gasteiger charge is -2.05. The second-order valence-corrected chi connectivity index (χ2v) is 4.60. The van der Waals surface area contributed by atoms with Crippen molar-refractivity contribution < 1.29 is 14.3 Å². The van der Waals surface area contributed by atoms with Gasteiger partial charge < -0.3 is 14.8 Å². The van der Waals surface area contributed by atoms with Crippen molar-refractivity contribution in [3.63, 3.8) is 0 Å². The van der Waals surface area contributed by atoms with Crippen LogP contribution in [0.3, 0.4) is 0 Å². The Morgan fingerprint density at radius 2 is 2.24 bits per heavy atom. The summed E-state index contributed by atoms with van der Waals surface area (Å²) in [6.07, 6.45) is 0. The summed E-state index contributed by atoms with van der Waals surface area (Å²) in [7, 11) is 0. The number of amides is 1. The molecule has 5 nitrogen and oxygen atoms in total. The zero-order valence-electron chi connectivity index (χ0n) is 8.93. The molecule has 3 rings (SSSR count). The molecule has 2 heterocycles. The molecule has 2 aliphatic rings. The first-order valence-corrected chi connectivity index (χ1v) is 6.16. The van der Waals surface area contributed by atoms with Crippen LogP contribution in [-0.4, -0.2) is 23.6 Å². The Balaban J connectivity index is 1.66. The molecule has 2 aliphatic heterocycles. The van der Waals surface area contributed by atoms with Crippen LogP contribution in [-0.2, 0) is 11.3 Å². The Hall–Kier alpha value is -1.69. The number of carbonyl (C=O) groups is 1. The van der Waals surface area contributed by atoms with Crippen LogP contribution in [0.1, 0.15) is 5.56 Å². The van der Waals surface area contributed by atoms with Crippen LogP contribution in [0.15, 0.2) is 23.2 Å². The second-order valence-electron chi connectivity index (χ2n) is 3.64. The first-order chi connectivity index (χ1) is 8.31. The van der Waals surface area contributed by atoms with Crippen LogP contribution in [0.5, 0.6) is 11.5 Å². The fraction of sp³-hybridized carbons (Fsp3) is 0.273. The van der Waals surface area contributed by atoms with E-state index in [0.29, 0.717) is 17.5 Å². The van der Waals surface area contributed by atoms with Crippen LogP contribution >= 0.6 is 11.8 Å². The van der Waals surface area contributed by atoms with E-state index in [1.165, 1.54) is 11.8 Å². The maximum atomic E-state index is 10.9. The molecule has 0 saturated heterocycles. The quantitative estimate of drug-likeness (QED) is 0.852. The van der Waals surface area contributed by atoms with E-state index in [0.717, 1.165) is 17.1 Å². The predicted molar refractivity (Wildman–Crippen MR) is 64.3 cm³/mol. The smallest absolute Gasteiger partial charge is 0.258 e. The maximum absolute atomic E-state index is 10.9. The molecule has 0 bridgehead atoms. The highest BCUT2D eigenvalue weighted by atomic mass is 32.2. The van der Waals surface area contributed by atoms with Gasteiger partial charge >= 0.3 is 0 Å². The highest BCUT2D eigenvalue weighted by molar-refractivity contribution is 8.14. The van der Waals surface area contributed by atoms with Gasteiger partial charge in [0.25, 0.3) is 5.91 Å². The third-order valence-corrected chi connectivity index (χ3v) is 3.34. The normalized spacial score (nSPS) is 17.2.